The molecule has 1 unspecified atom stereocenters. The first kappa shape index (κ1) is 13.8. The van der Waals surface area contributed by atoms with E-state index in [1.807, 2.05) is 44.2 Å². The van der Waals surface area contributed by atoms with Gasteiger partial charge >= 0.3 is 0 Å². The number of azide groups is 1. The topological polar surface area (TPSA) is 69.1 Å². The van der Waals surface area contributed by atoms with Gasteiger partial charge in [-0.05, 0) is 31.0 Å². The van der Waals surface area contributed by atoms with Gasteiger partial charge in [0.25, 0.3) is 0 Å². The number of carbonyl (C=O) groups excluding carboxylic acids is 1. The van der Waals surface area contributed by atoms with Crippen molar-refractivity contribution in [2.45, 2.75) is 26.1 Å². The Morgan fingerprint density at radius 2 is 2.06 bits per heavy atom. The molecule has 0 aliphatic carbocycles. The van der Waals surface area contributed by atoms with E-state index in [-0.39, 0.29) is 11.9 Å². The van der Waals surface area contributed by atoms with Crippen molar-refractivity contribution in [2.24, 2.45) is 5.11 Å². The van der Waals surface area contributed by atoms with Gasteiger partial charge < -0.3 is 4.90 Å². The Kier molecular flexibility index (Phi) is 4.96. The van der Waals surface area contributed by atoms with Gasteiger partial charge in [-0.1, -0.05) is 42.0 Å². The summed E-state index contributed by atoms with van der Waals surface area (Å²) in [6, 6.07) is 9.10. The van der Waals surface area contributed by atoms with E-state index < -0.39 is 6.17 Å². The third-order valence-electron chi connectivity index (χ3n) is 2.51. The van der Waals surface area contributed by atoms with Gasteiger partial charge in [-0.2, -0.15) is 0 Å². The molecule has 0 saturated carbocycles. The minimum atomic E-state index is -0.651. The molecular weight excluding hydrogens is 228 g/mol. The van der Waals surface area contributed by atoms with Crippen LogP contribution >= 0.6 is 0 Å². The van der Waals surface area contributed by atoms with Crippen molar-refractivity contribution in [3.05, 3.63) is 59.0 Å². The van der Waals surface area contributed by atoms with Crippen molar-refractivity contribution in [1.29, 1.82) is 0 Å². The van der Waals surface area contributed by atoms with Crippen LogP contribution in [0.1, 0.15) is 25.6 Å². The molecule has 5 heteroatoms. The van der Waals surface area contributed by atoms with Crippen molar-refractivity contribution in [1.82, 2.24) is 4.90 Å². The monoisotopic (exact) mass is 244 g/mol. The molecule has 0 aromatic heterocycles. The summed E-state index contributed by atoms with van der Waals surface area (Å²) < 4.78 is 0. The van der Waals surface area contributed by atoms with Crippen LogP contribution in [0, 0.1) is 0 Å². The van der Waals surface area contributed by atoms with E-state index in [0.29, 0.717) is 0 Å². The molecule has 0 spiro atoms. The molecule has 1 aromatic carbocycles. The van der Waals surface area contributed by atoms with E-state index in [1.165, 1.54) is 11.0 Å². The first-order valence-electron chi connectivity index (χ1n) is 5.65. The van der Waals surface area contributed by atoms with Gasteiger partial charge in [-0.3, -0.25) is 4.79 Å². The molecular formula is C13H16N4O. The maximum atomic E-state index is 11.9. The van der Waals surface area contributed by atoms with Gasteiger partial charge in [0.2, 0.25) is 5.91 Å². The lowest BCUT2D eigenvalue weighted by Crippen LogP contribution is -2.38. The van der Waals surface area contributed by atoms with Crippen LogP contribution in [0.25, 0.3) is 10.4 Å². The second-order valence-electron chi connectivity index (χ2n) is 4.03. The van der Waals surface area contributed by atoms with Crippen LogP contribution < -0.4 is 0 Å². The Balaban J connectivity index is 3.21. The second-order valence-corrected chi connectivity index (χ2v) is 4.03. The van der Waals surface area contributed by atoms with Crippen molar-refractivity contribution >= 4 is 5.91 Å². The molecule has 1 atom stereocenters. The molecule has 1 amide bonds. The highest BCUT2D eigenvalue weighted by Gasteiger charge is 2.24. The molecule has 0 aliphatic rings. The normalized spacial score (nSPS) is 11.5. The molecule has 94 valence electrons. The van der Waals surface area contributed by atoms with Gasteiger partial charge in [0.15, 0.2) is 0 Å². The molecule has 0 aliphatic heterocycles. The zero-order chi connectivity index (χ0) is 13.5. The standard InChI is InChI=1S/C13H16N4O/c1-4-12(18)17(10(2)3)13(15-16-14)11-8-6-5-7-9-11/h4-10,13H,1H2,2-3H3. The zero-order valence-corrected chi connectivity index (χ0v) is 10.5. The molecule has 0 N–H and O–H groups in total. The predicted octanol–water partition coefficient (Wildman–Crippen LogP) is 3.42. The average molecular weight is 244 g/mol. The maximum absolute atomic E-state index is 11.9. The largest absolute Gasteiger partial charge is 0.324 e. The summed E-state index contributed by atoms with van der Waals surface area (Å²) >= 11 is 0. The zero-order valence-electron chi connectivity index (χ0n) is 10.5. The SMILES string of the molecule is C=CC(=O)N(C(C)C)C(N=[N+]=[N-])c1ccccc1. The number of nitrogens with zero attached hydrogens (tertiary/aromatic N) is 4. The summed E-state index contributed by atoms with van der Waals surface area (Å²) in [6.07, 6.45) is 0.574. The van der Waals surface area contributed by atoms with E-state index >= 15 is 0 Å². The molecule has 0 saturated heterocycles. The summed E-state index contributed by atoms with van der Waals surface area (Å²) in [5, 5.41) is 3.72. The summed E-state index contributed by atoms with van der Waals surface area (Å²) in [6.45, 7) is 7.20. The predicted molar refractivity (Wildman–Crippen MR) is 70.5 cm³/mol. The first-order valence-corrected chi connectivity index (χ1v) is 5.65. The number of hydrogen-bond donors (Lipinski definition) is 0. The first-order chi connectivity index (χ1) is 8.61. The molecule has 1 rings (SSSR count). The summed E-state index contributed by atoms with van der Waals surface area (Å²) in [5.74, 6) is -0.258. The fourth-order valence-electron chi connectivity index (χ4n) is 1.72. The van der Waals surface area contributed by atoms with Gasteiger partial charge in [-0.15, -0.1) is 0 Å². The summed E-state index contributed by atoms with van der Waals surface area (Å²) in [7, 11) is 0. The van der Waals surface area contributed by atoms with E-state index in [0.717, 1.165) is 5.56 Å². The van der Waals surface area contributed by atoms with Crippen LogP contribution in [-0.4, -0.2) is 16.8 Å². The van der Waals surface area contributed by atoms with Crippen LogP contribution in [0.3, 0.4) is 0 Å². The Morgan fingerprint density at radius 1 is 1.44 bits per heavy atom. The van der Waals surface area contributed by atoms with Crippen LogP contribution in [-0.2, 0) is 4.79 Å². The van der Waals surface area contributed by atoms with E-state index in [9.17, 15) is 4.79 Å². The summed E-state index contributed by atoms with van der Waals surface area (Å²) in [4.78, 5) is 16.2. The van der Waals surface area contributed by atoms with Crippen molar-refractivity contribution in [2.75, 3.05) is 0 Å². The Labute approximate surface area is 106 Å². The van der Waals surface area contributed by atoms with Crippen molar-refractivity contribution < 1.29 is 4.79 Å². The average Bonchev–Trinajstić information content (AvgIpc) is 2.38. The lowest BCUT2D eigenvalue weighted by molar-refractivity contribution is -0.130. The Morgan fingerprint density at radius 3 is 2.50 bits per heavy atom. The molecule has 0 radical (unpaired) electrons. The third kappa shape index (κ3) is 3.12. The Hall–Kier alpha value is -2.26. The molecule has 0 fully saturated rings. The summed E-state index contributed by atoms with van der Waals surface area (Å²) in [5.41, 5.74) is 9.45. The van der Waals surface area contributed by atoms with Crippen LogP contribution in [0.4, 0.5) is 0 Å². The van der Waals surface area contributed by atoms with Gasteiger partial charge in [0, 0.05) is 11.0 Å². The fourth-order valence-corrected chi connectivity index (χ4v) is 1.72. The highest BCUT2D eigenvalue weighted by molar-refractivity contribution is 5.87. The van der Waals surface area contributed by atoms with Gasteiger partial charge in [-0.25, -0.2) is 0 Å². The number of hydrogen-bond acceptors (Lipinski definition) is 2. The van der Waals surface area contributed by atoms with E-state index in [2.05, 4.69) is 16.6 Å². The minimum Gasteiger partial charge on any atom is -0.324 e. The fraction of sp³-hybridized carbons (Fsp3) is 0.308. The molecule has 5 nitrogen and oxygen atoms in total. The van der Waals surface area contributed by atoms with Crippen molar-refractivity contribution in [3.8, 4) is 0 Å². The smallest absolute Gasteiger partial charge is 0.246 e. The number of benzene rings is 1. The van der Waals surface area contributed by atoms with Crippen LogP contribution in [0.2, 0.25) is 0 Å². The third-order valence-corrected chi connectivity index (χ3v) is 2.51. The van der Waals surface area contributed by atoms with Crippen LogP contribution in [0.15, 0.2) is 48.1 Å². The molecule has 1 aromatic rings. The second kappa shape index (κ2) is 6.47. The lowest BCUT2D eigenvalue weighted by Gasteiger charge is -2.31. The van der Waals surface area contributed by atoms with Gasteiger partial charge in [0.05, 0.1) is 0 Å². The van der Waals surface area contributed by atoms with E-state index in [4.69, 9.17) is 5.53 Å². The Bertz CT molecular complexity index is 463. The number of carbonyl (C=O) groups is 1. The number of amides is 1. The lowest BCUT2D eigenvalue weighted by atomic mass is 10.1. The highest BCUT2D eigenvalue weighted by atomic mass is 16.2. The molecule has 18 heavy (non-hydrogen) atoms. The maximum Gasteiger partial charge on any atom is 0.246 e. The van der Waals surface area contributed by atoms with Crippen LogP contribution in [0.5, 0.6) is 0 Å². The minimum absolute atomic E-state index is 0.0915. The van der Waals surface area contributed by atoms with Gasteiger partial charge in [0.1, 0.15) is 6.17 Å². The highest BCUT2D eigenvalue weighted by Crippen LogP contribution is 2.24. The van der Waals surface area contributed by atoms with E-state index in [1.54, 1.807) is 0 Å². The molecule has 0 bridgehead atoms. The molecule has 0 heterocycles. The number of rotatable bonds is 5. The quantitative estimate of drug-likeness (QED) is 0.338. The van der Waals surface area contributed by atoms with Crippen molar-refractivity contribution in [3.63, 3.8) is 0 Å².